The van der Waals surface area contributed by atoms with Crippen molar-refractivity contribution >= 4 is 11.2 Å². The molecular formula is C20H17N7. The number of H-pyrrole nitrogens is 1. The van der Waals surface area contributed by atoms with Gasteiger partial charge in [0.05, 0.1) is 25.3 Å². The molecule has 5 aromatic rings. The van der Waals surface area contributed by atoms with Gasteiger partial charge in [-0.05, 0) is 17.2 Å². The van der Waals surface area contributed by atoms with Gasteiger partial charge in [0, 0.05) is 18.9 Å². The SMILES string of the molecule is c1ccc(Cn2cncc2-c2nc3c(cnn3Cc3cccnc3)[nH]2)cc1. The molecule has 0 fully saturated rings. The summed E-state index contributed by atoms with van der Waals surface area (Å²) < 4.78 is 3.97. The number of nitrogens with one attached hydrogen (secondary N) is 1. The summed E-state index contributed by atoms with van der Waals surface area (Å²) in [5.41, 5.74) is 4.97. The summed E-state index contributed by atoms with van der Waals surface area (Å²) in [6.07, 6.45) is 9.08. The molecule has 132 valence electrons. The highest BCUT2D eigenvalue weighted by Crippen LogP contribution is 2.21. The van der Waals surface area contributed by atoms with Gasteiger partial charge in [0.1, 0.15) is 11.2 Å². The lowest BCUT2D eigenvalue weighted by atomic mass is 10.2. The van der Waals surface area contributed by atoms with Crippen molar-refractivity contribution in [2.75, 3.05) is 0 Å². The number of aromatic nitrogens is 7. The fraction of sp³-hybridized carbons (Fsp3) is 0.100. The van der Waals surface area contributed by atoms with Crippen LogP contribution in [0.25, 0.3) is 22.7 Å². The van der Waals surface area contributed by atoms with Crippen LogP contribution in [0.4, 0.5) is 0 Å². The maximum Gasteiger partial charge on any atom is 0.177 e. The number of fused-ring (bicyclic) bond motifs is 1. The van der Waals surface area contributed by atoms with Gasteiger partial charge in [0.25, 0.3) is 0 Å². The zero-order valence-electron chi connectivity index (χ0n) is 14.5. The van der Waals surface area contributed by atoms with Crippen LogP contribution in [0.2, 0.25) is 0 Å². The normalized spacial score (nSPS) is 11.3. The molecular weight excluding hydrogens is 338 g/mol. The first-order valence-corrected chi connectivity index (χ1v) is 8.72. The molecule has 0 atom stereocenters. The van der Waals surface area contributed by atoms with Crippen LogP contribution >= 0.6 is 0 Å². The van der Waals surface area contributed by atoms with Crippen LogP contribution in [-0.2, 0) is 13.1 Å². The highest BCUT2D eigenvalue weighted by molar-refractivity contribution is 5.75. The second kappa shape index (κ2) is 6.53. The summed E-state index contributed by atoms with van der Waals surface area (Å²) in [6, 6.07) is 14.3. The average molecular weight is 355 g/mol. The minimum absolute atomic E-state index is 0.630. The Bertz CT molecular complexity index is 1170. The van der Waals surface area contributed by atoms with E-state index in [2.05, 4.69) is 36.8 Å². The molecule has 0 radical (unpaired) electrons. The van der Waals surface area contributed by atoms with Crippen LogP contribution in [-0.4, -0.2) is 34.3 Å². The summed E-state index contributed by atoms with van der Waals surface area (Å²) in [7, 11) is 0. The van der Waals surface area contributed by atoms with Crippen molar-refractivity contribution in [1.29, 1.82) is 0 Å². The molecule has 1 N–H and O–H groups in total. The highest BCUT2D eigenvalue weighted by atomic mass is 15.3. The first-order chi connectivity index (χ1) is 13.4. The molecule has 4 aromatic heterocycles. The van der Waals surface area contributed by atoms with Crippen molar-refractivity contribution < 1.29 is 0 Å². The number of hydrogen-bond acceptors (Lipinski definition) is 4. The average Bonchev–Trinajstić information content (AvgIpc) is 3.41. The van der Waals surface area contributed by atoms with Crippen molar-refractivity contribution in [2.45, 2.75) is 13.1 Å². The summed E-state index contributed by atoms with van der Waals surface area (Å²) in [4.78, 5) is 16.6. The quantitative estimate of drug-likeness (QED) is 0.525. The number of aromatic amines is 1. The standard InChI is InChI=1S/C20H17N7/c1-2-5-15(6-3-1)12-26-14-22-11-18(26)19-24-17-10-23-27(20(17)25-19)13-16-7-4-8-21-9-16/h1-11,14H,12-13H2,(H,24,25). The van der Waals surface area contributed by atoms with Gasteiger partial charge in [0.2, 0.25) is 0 Å². The third-order valence-corrected chi connectivity index (χ3v) is 4.49. The summed E-state index contributed by atoms with van der Waals surface area (Å²) in [5.74, 6) is 0.788. The van der Waals surface area contributed by atoms with Gasteiger partial charge in [-0.3, -0.25) is 4.98 Å². The Balaban J connectivity index is 1.47. The van der Waals surface area contributed by atoms with Gasteiger partial charge < -0.3 is 9.55 Å². The van der Waals surface area contributed by atoms with Crippen molar-refractivity contribution in [1.82, 2.24) is 34.3 Å². The smallest absolute Gasteiger partial charge is 0.177 e. The zero-order valence-corrected chi connectivity index (χ0v) is 14.5. The lowest BCUT2D eigenvalue weighted by Gasteiger charge is -2.06. The maximum absolute atomic E-state index is 4.78. The van der Waals surface area contributed by atoms with Gasteiger partial charge in [-0.15, -0.1) is 0 Å². The predicted octanol–water partition coefficient (Wildman–Crippen LogP) is 3.11. The molecule has 1 aromatic carbocycles. The second-order valence-electron chi connectivity index (χ2n) is 6.38. The third kappa shape index (κ3) is 2.99. The van der Waals surface area contributed by atoms with E-state index in [-0.39, 0.29) is 0 Å². The number of nitrogens with zero attached hydrogens (tertiary/aromatic N) is 6. The van der Waals surface area contributed by atoms with E-state index in [1.54, 1.807) is 12.4 Å². The molecule has 5 rings (SSSR count). The summed E-state index contributed by atoms with van der Waals surface area (Å²) >= 11 is 0. The molecule has 0 bridgehead atoms. The van der Waals surface area contributed by atoms with Crippen molar-refractivity contribution in [3.63, 3.8) is 0 Å². The van der Waals surface area contributed by atoms with Gasteiger partial charge in [-0.25, -0.2) is 14.6 Å². The monoisotopic (exact) mass is 355 g/mol. The molecule has 27 heavy (non-hydrogen) atoms. The van der Waals surface area contributed by atoms with E-state index < -0.39 is 0 Å². The van der Waals surface area contributed by atoms with E-state index in [4.69, 9.17) is 4.98 Å². The van der Waals surface area contributed by atoms with Crippen LogP contribution in [0.5, 0.6) is 0 Å². The lowest BCUT2D eigenvalue weighted by molar-refractivity contribution is 0.702. The Morgan fingerprint density at radius 2 is 1.74 bits per heavy atom. The summed E-state index contributed by atoms with van der Waals surface area (Å²) in [5, 5.41) is 4.44. The molecule has 0 aliphatic rings. The topological polar surface area (TPSA) is 77.2 Å². The van der Waals surface area contributed by atoms with Gasteiger partial charge in [-0.1, -0.05) is 36.4 Å². The minimum atomic E-state index is 0.630. The minimum Gasteiger partial charge on any atom is -0.334 e. The molecule has 7 heteroatoms. The number of hydrogen-bond donors (Lipinski definition) is 1. The molecule has 7 nitrogen and oxygen atoms in total. The molecule has 0 unspecified atom stereocenters. The number of pyridine rings is 1. The Morgan fingerprint density at radius 3 is 2.59 bits per heavy atom. The van der Waals surface area contributed by atoms with E-state index in [1.807, 2.05) is 53.7 Å². The summed E-state index contributed by atoms with van der Waals surface area (Å²) in [6.45, 7) is 1.37. The molecule has 0 spiro atoms. The fourth-order valence-corrected chi connectivity index (χ4v) is 3.17. The molecule has 4 heterocycles. The number of rotatable bonds is 5. The Hall–Kier alpha value is -3.74. The third-order valence-electron chi connectivity index (χ3n) is 4.49. The molecule has 0 saturated heterocycles. The van der Waals surface area contributed by atoms with Gasteiger partial charge in [0.15, 0.2) is 11.5 Å². The predicted molar refractivity (Wildman–Crippen MR) is 102 cm³/mol. The van der Waals surface area contributed by atoms with Crippen LogP contribution in [0, 0.1) is 0 Å². The molecule has 0 aliphatic carbocycles. The van der Waals surface area contributed by atoms with E-state index in [0.29, 0.717) is 6.54 Å². The lowest BCUT2D eigenvalue weighted by Crippen LogP contribution is -2.03. The Kier molecular flexibility index (Phi) is 3.75. The van der Waals surface area contributed by atoms with Crippen molar-refractivity contribution in [3.05, 3.63) is 84.7 Å². The van der Waals surface area contributed by atoms with E-state index >= 15 is 0 Å². The fourth-order valence-electron chi connectivity index (χ4n) is 3.17. The van der Waals surface area contributed by atoms with Crippen LogP contribution in [0.15, 0.2) is 73.6 Å². The van der Waals surface area contributed by atoms with E-state index in [9.17, 15) is 0 Å². The Labute approximate surface area is 155 Å². The largest absolute Gasteiger partial charge is 0.334 e. The van der Waals surface area contributed by atoms with Gasteiger partial charge >= 0.3 is 0 Å². The first kappa shape index (κ1) is 15.5. The number of imidazole rings is 2. The van der Waals surface area contributed by atoms with E-state index in [0.717, 1.165) is 34.8 Å². The van der Waals surface area contributed by atoms with E-state index in [1.165, 1.54) is 5.56 Å². The second-order valence-corrected chi connectivity index (χ2v) is 6.38. The molecule has 0 aliphatic heterocycles. The Morgan fingerprint density at radius 1 is 0.852 bits per heavy atom. The first-order valence-electron chi connectivity index (χ1n) is 8.72. The molecule has 0 saturated carbocycles. The highest BCUT2D eigenvalue weighted by Gasteiger charge is 2.14. The number of benzene rings is 1. The zero-order chi connectivity index (χ0) is 18.1. The van der Waals surface area contributed by atoms with Crippen LogP contribution in [0.3, 0.4) is 0 Å². The van der Waals surface area contributed by atoms with Gasteiger partial charge in [-0.2, -0.15) is 5.10 Å². The maximum atomic E-state index is 4.78. The van der Waals surface area contributed by atoms with Crippen LogP contribution in [0.1, 0.15) is 11.1 Å². The van der Waals surface area contributed by atoms with Crippen molar-refractivity contribution in [2.24, 2.45) is 0 Å². The van der Waals surface area contributed by atoms with Crippen LogP contribution < -0.4 is 0 Å². The molecule has 0 amide bonds. The van der Waals surface area contributed by atoms with Crippen molar-refractivity contribution in [3.8, 4) is 11.5 Å².